The van der Waals surface area contributed by atoms with E-state index in [4.69, 9.17) is 10.5 Å². The molecule has 0 spiro atoms. The fraction of sp³-hybridized carbons (Fsp3) is 0.583. The zero-order valence-electron chi connectivity index (χ0n) is 21.0. The summed E-state index contributed by atoms with van der Waals surface area (Å²) >= 11 is 1.15. The van der Waals surface area contributed by atoms with Gasteiger partial charge in [-0.15, -0.1) is 0 Å². The molecule has 13 heteroatoms. The Balaban J connectivity index is 1.49. The van der Waals surface area contributed by atoms with Gasteiger partial charge in [0.05, 0.1) is 29.5 Å². The molecule has 2 unspecified atom stereocenters. The number of nitrogens with two attached hydrogens (primary N) is 1. The number of nitrogens with one attached hydrogen (secondary N) is 1. The summed E-state index contributed by atoms with van der Waals surface area (Å²) in [6.07, 6.45) is -2.48. The van der Waals surface area contributed by atoms with Gasteiger partial charge in [-0.05, 0) is 44.9 Å². The minimum Gasteiger partial charge on any atom is -0.379 e. The normalized spacial score (nSPS) is 21.3. The molecule has 2 fully saturated rings. The number of amides is 3. The van der Waals surface area contributed by atoms with Crippen molar-refractivity contribution in [2.75, 3.05) is 44.7 Å². The lowest BCUT2D eigenvalue weighted by Crippen LogP contribution is -2.50. The van der Waals surface area contributed by atoms with Gasteiger partial charge >= 0.3 is 12.2 Å². The van der Waals surface area contributed by atoms with Crippen LogP contribution in [0.5, 0.6) is 0 Å². The second kappa shape index (κ2) is 10.5. The SMILES string of the molecule is Cc1nc(NC(=O)N2CCC(CN3CCOCC3)C2C(N)=O)sc1-c1ccnc(C(C)(C)C(F)(F)F)c1. The number of morpholine rings is 1. The number of rotatable bonds is 6. The highest BCUT2D eigenvalue weighted by Crippen LogP contribution is 2.41. The number of likely N-dealkylation sites (tertiary alicyclic amines) is 1. The zero-order chi connectivity index (χ0) is 27.0. The number of thiazole rings is 1. The first-order valence-electron chi connectivity index (χ1n) is 12.1. The minimum atomic E-state index is -4.47. The second-order valence-corrected chi connectivity index (χ2v) is 10.9. The van der Waals surface area contributed by atoms with Crippen molar-refractivity contribution in [3.8, 4) is 10.4 Å². The summed E-state index contributed by atoms with van der Waals surface area (Å²) in [6, 6.07) is 1.79. The van der Waals surface area contributed by atoms with Crippen LogP contribution in [0.1, 0.15) is 31.7 Å². The summed E-state index contributed by atoms with van der Waals surface area (Å²) in [6.45, 7) is 7.73. The molecule has 2 aliphatic rings. The van der Waals surface area contributed by atoms with E-state index in [9.17, 15) is 22.8 Å². The number of alkyl halides is 3. The molecule has 2 aliphatic heterocycles. The third kappa shape index (κ3) is 5.73. The van der Waals surface area contributed by atoms with Crippen molar-refractivity contribution in [1.82, 2.24) is 19.8 Å². The Kier molecular flexibility index (Phi) is 7.77. The number of hydrogen-bond acceptors (Lipinski definition) is 7. The molecule has 3 amide bonds. The standard InChI is InChI=1S/C24H31F3N6O3S/c1-14-19(15-4-6-29-17(12-15)23(2,3)24(25,26)27)37-21(30-14)31-22(35)33-7-5-16(18(33)20(28)34)13-32-8-10-36-11-9-32/h4,6,12,16,18H,5,7-11,13H2,1-3H3,(H2,28,34)(H,30,31,35). The second-order valence-electron chi connectivity index (χ2n) is 9.92. The van der Waals surface area contributed by atoms with E-state index in [1.54, 1.807) is 13.0 Å². The molecule has 0 radical (unpaired) electrons. The molecular formula is C24H31F3N6O3S. The first-order valence-corrected chi connectivity index (χ1v) is 12.9. The molecule has 4 rings (SSSR count). The predicted octanol–water partition coefficient (Wildman–Crippen LogP) is 3.39. The Morgan fingerprint density at radius 1 is 1.24 bits per heavy atom. The monoisotopic (exact) mass is 540 g/mol. The van der Waals surface area contributed by atoms with Crippen molar-refractivity contribution in [1.29, 1.82) is 0 Å². The van der Waals surface area contributed by atoms with E-state index in [0.717, 1.165) is 38.3 Å². The number of carbonyl (C=O) groups excluding carboxylic acids is 2. The van der Waals surface area contributed by atoms with E-state index in [2.05, 4.69) is 20.2 Å². The van der Waals surface area contributed by atoms with Crippen LogP contribution in [0.4, 0.5) is 23.1 Å². The number of halogens is 3. The number of urea groups is 1. The maximum Gasteiger partial charge on any atom is 0.399 e. The van der Waals surface area contributed by atoms with E-state index in [-0.39, 0.29) is 16.7 Å². The smallest absolute Gasteiger partial charge is 0.379 e. The molecule has 0 aliphatic carbocycles. The number of carbonyl (C=O) groups is 2. The van der Waals surface area contributed by atoms with Gasteiger partial charge in [0.2, 0.25) is 5.91 Å². The van der Waals surface area contributed by atoms with Gasteiger partial charge in [0.25, 0.3) is 0 Å². The van der Waals surface area contributed by atoms with Gasteiger partial charge in [-0.3, -0.25) is 20.0 Å². The molecule has 0 bridgehead atoms. The number of anilines is 1. The summed E-state index contributed by atoms with van der Waals surface area (Å²) in [5, 5.41) is 3.03. The van der Waals surface area contributed by atoms with Crippen LogP contribution in [0, 0.1) is 12.8 Å². The van der Waals surface area contributed by atoms with Gasteiger partial charge in [-0.25, -0.2) is 9.78 Å². The molecule has 2 atom stereocenters. The van der Waals surface area contributed by atoms with Gasteiger partial charge in [-0.1, -0.05) is 11.3 Å². The molecule has 4 heterocycles. The Morgan fingerprint density at radius 2 is 1.95 bits per heavy atom. The lowest BCUT2D eigenvalue weighted by atomic mass is 9.87. The third-order valence-corrected chi connectivity index (χ3v) is 8.18. The van der Waals surface area contributed by atoms with E-state index < -0.39 is 29.6 Å². The lowest BCUT2D eigenvalue weighted by molar-refractivity contribution is -0.181. The van der Waals surface area contributed by atoms with Gasteiger partial charge in [0.1, 0.15) is 11.5 Å². The van der Waals surface area contributed by atoms with Crippen LogP contribution in [0.25, 0.3) is 10.4 Å². The summed E-state index contributed by atoms with van der Waals surface area (Å²) in [4.78, 5) is 38.1. The average Bonchev–Trinajstić information content (AvgIpc) is 3.42. The van der Waals surface area contributed by atoms with Crippen LogP contribution in [0.3, 0.4) is 0 Å². The number of hydrogen-bond donors (Lipinski definition) is 2. The summed E-state index contributed by atoms with van der Waals surface area (Å²) in [5.41, 5.74) is 4.54. The summed E-state index contributed by atoms with van der Waals surface area (Å²) in [5.74, 6) is -0.638. The van der Waals surface area contributed by atoms with E-state index >= 15 is 0 Å². The van der Waals surface area contributed by atoms with Crippen molar-refractivity contribution < 1.29 is 27.5 Å². The Morgan fingerprint density at radius 3 is 2.59 bits per heavy atom. The zero-order valence-corrected chi connectivity index (χ0v) is 21.8. The highest BCUT2D eigenvalue weighted by molar-refractivity contribution is 7.19. The van der Waals surface area contributed by atoms with Crippen molar-refractivity contribution in [2.45, 2.75) is 44.8 Å². The minimum absolute atomic E-state index is 0.0813. The van der Waals surface area contributed by atoms with Crippen molar-refractivity contribution in [3.63, 3.8) is 0 Å². The Labute approximate surface area is 217 Å². The molecule has 2 aromatic rings. The number of nitrogens with zero attached hydrogens (tertiary/aromatic N) is 4. The van der Waals surface area contributed by atoms with Crippen LogP contribution in [0.15, 0.2) is 18.3 Å². The molecule has 2 aromatic heterocycles. The maximum atomic E-state index is 13.5. The van der Waals surface area contributed by atoms with Crippen LogP contribution in [0.2, 0.25) is 0 Å². The van der Waals surface area contributed by atoms with Crippen molar-refractivity contribution in [3.05, 3.63) is 29.7 Å². The van der Waals surface area contributed by atoms with Crippen molar-refractivity contribution in [2.24, 2.45) is 11.7 Å². The van der Waals surface area contributed by atoms with E-state index in [0.29, 0.717) is 48.9 Å². The first-order chi connectivity index (χ1) is 17.4. The first kappa shape index (κ1) is 27.3. The molecular weight excluding hydrogens is 509 g/mol. The number of primary amides is 1. The Hall–Kier alpha value is -2.77. The molecule has 0 saturated carbocycles. The molecule has 9 nitrogen and oxygen atoms in total. The Bertz CT molecular complexity index is 1150. The summed E-state index contributed by atoms with van der Waals surface area (Å²) < 4.78 is 46.0. The molecule has 2 saturated heterocycles. The van der Waals surface area contributed by atoms with Gasteiger partial charge < -0.3 is 15.4 Å². The number of aryl methyl sites for hydroxylation is 1. The van der Waals surface area contributed by atoms with Crippen molar-refractivity contribution >= 4 is 28.4 Å². The topological polar surface area (TPSA) is 114 Å². The average molecular weight is 541 g/mol. The van der Waals surface area contributed by atoms with E-state index in [1.165, 1.54) is 17.2 Å². The fourth-order valence-electron chi connectivity index (χ4n) is 4.72. The van der Waals surface area contributed by atoms with Gasteiger partial charge in [0, 0.05) is 38.3 Å². The largest absolute Gasteiger partial charge is 0.399 e. The maximum absolute atomic E-state index is 13.5. The van der Waals surface area contributed by atoms with Gasteiger partial charge in [-0.2, -0.15) is 13.2 Å². The summed E-state index contributed by atoms with van der Waals surface area (Å²) in [7, 11) is 0. The molecule has 37 heavy (non-hydrogen) atoms. The predicted molar refractivity (Wildman–Crippen MR) is 133 cm³/mol. The van der Waals surface area contributed by atoms with Crippen LogP contribution in [-0.2, 0) is 14.9 Å². The van der Waals surface area contributed by atoms with Crippen LogP contribution < -0.4 is 11.1 Å². The third-order valence-electron chi connectivity index (χ3n) is 7.05. The highest BCUT2D eigenvalue weighted by Gasteiger charge is 2.49. The van der Waals surface area contributed by atoms with Crippen LogP contribution in [-0.4, -0.2) is 83.3 Å². The fourth-order valence-corrected chi connectivity index (χ4v) is 5.67. The number of aromatic nitrogens is 2. The quantitative estimate of drug-likeness (QED) is 0.581. The molecule has 3 N–H and O–H groups in total. The van der Waals surface area contributed by atoms with Crippen LogP contribution >= 0.6 is 11.3 Å². The number of pyridine rings is 1. The molecule has 0 aromatic carbocycles. The number of ether oxygens (including phenoxy) is 1. The highest BCUT2D eigenvalue weighted by atomic mass is 32.1. The van der Waals surface area contributed by atoms with E-state index in [1.807, 2.05) is 0 Å². The lowest BCUT2D eigenvalue weighted by Gasteiger charge is -2.31. The molecule has 202 valence electrons. The van der Waals surface area contributed by atoms with Gasteiger partial charge in [0.15, 0.2) is 5.13 Å².